The lowest BCUT2D eigenvalue weighted by molar-refractivity contribution is -0.131. The molecular formula is C15H19NO4. The van der Waals surface area contributed by atoms with Crippen LogP contribution in [0.2, 0.25) is 0 Å². The third kappa shape index (κ3) is 4.85. The molecule has 1 atom stereocenters. The van der Waals surface area contributed by atoms with Crippen molar-refractivity contribution in [3.8, 4) is 0 Å². The van der Waals surface area contributed by atoms with Crippen molar-refractivity contribution in [3.05, 3.63) is 41.0 Å². The number of ether oxygens (including phenoxy) is 1. The van der Waals surface area contributed by atoms with Gasteiger partial charge in [0, 0.05) is 24.8 Å². The standard InChI is InChI=1S/C15H19NO4/c1-10-4-5-12(6-7-14(17)18)8-13(10)15(19)16-11(2)9-20-3/h4-8,11H,9H2,1-3H3,(H,16,19)(H,17,18). The second kappa shape index (κ2) is 7.45. The fourth-order valence-corrected chi connectivity index (χ4v) is 1.75. The zero-order valence-corrected chi connectivity index (χ0v) is 11.8. The number of carbonyl (C=O) groups excluding carboxylic acids is 1. The third-order valence-electron chi connectivity index (χ3n) is 2.72. The first-order valence-corrected chi connectivity index (χ1v) is 6.25. The van der Waals surface area contributed by atoms with Crippen LogP contribution in [0.5, 0.6) is 0 Å². The predicted molar refractivity (Wildman–Crippen MR) is 76.7 cm³/mol. The van der Waals surface area contributed by atoms with Crippen LogP contribution in [0.3, 0.4) is 0 Å². The van der Waals surface area contributed by atoms with E-state index in [1.54, 1.807) is 25.3 Å². The minimum Gasteiger partial charge on any atom is -0.478 e. The Bertz CT molecular complexity index is 523. The van der Waals surface area contributed by atoms with Crippen LogP contribution in [-0.4, -0.2) is 36.7 Å². The maximum absolute atomic E-state index is 12.1. The van der Waals surface area contributed by atoms with Crippen LogP contribution in [0.1, 0.15) is 28.4 Å². The molecule has 1 aromatic carbocycles. The van der Waals surface area contributed by atoms with Gasteiger partial charge in [-0.2, -0.15) is 0 Å². The molecule has 5 heteroatoms. The van der Waals surface area contributed by atoms with E-state index in [1.807, 2.05) is 13.8 Å². The summed E-state index contributed by atoms with van der Waals surface area (Å²) in [7, 11) is 1.57. The van der Waals surface area contributed by atoms with Crippen molar-refractivity contribution in [2.24, 2.45) is 0 Å². The van der Waals surface area contributed by atoms with Crippen LogP contribution in [0.4, 0.5) is 0 Å². The Labute approximate surface area is 118 Å². The van der Waals surface area contributed by atoms with E-state index in [0.29, 0.717) is 17.7 Å². The highest BCUT2D eigenvalue weighted by Gasteiger charge is 2.12. The lowest BCUT2D eigenvalue weighted by Gasteiger charge is -2.14. The molecule has 0 aliphatic rings. The minimum absolute atomic E-state index is 0.0925. The van der Waals surface area contributed by atoms with Crippen molar-refractivity contribution in [2.75, 3.05) is 13.7 Å². The van der Waals surface area contributed by atoms with Gasteiger partial charge in [0.2, 0.25) is 0 Å². The van der Waals surface area contributed by atoms with Gasteiger partial charge in [-0.05, 0) is 37.1 Å². The molecule has 0 radical (unpaired) electrons. The summed E-state index contributed by atoms with van der Waals surface area (Å²) in [6.45, 7) is 4.12. The lowest BCUT2D eigenvalue weighted by Crippen LogP contribution is -2.35. The van der Waals surface area contributed by atoms with E-state index < -0.39 is 5.97 Å². The number of rotatable bonds is 6. The molecule has 1 aromatic rings. The average molecular weight is 277 g/mol. The van der Waals surface area contributed by atoms with Gasteiger partial charge in [-0.25, -0.2) is 4.79 Å². The molecule has 0 aliphatic heterocycles. The number of carbonyl (C=O) groups is 2. The quantitative estimate of drug-likeness (QED) is 0.778. The molecule has 0 saturated heterocycles. The van der Waals surface area contributed by atoms with Crippen molar-refractivity contribution in [1.29, 1.82) is 0 Å². The molecule has 0 fully saturated rings. The second-order valence-corrected chi connectivity index (χ2v) is 4.58. The van der Waals surface area contributed by atoms with Gasteiger partial charge >= 0.3 is 5.97 Å². The van der Waals surface area contributed by atoms with Crippen LogP contribution < -0.4 is 5.32 Å². The first-order chi connectivity index (χ1) is 9.43. The van der Waals surface area contributed by atoms with Crippen molar-refractivity contribution in [2.45, 2.75) is 19.9 Å². The van der Waals surface area contributed by atoms with E-state index >= 15 is 0 Å². The Morgan fingerprint density at radius 3 is 2.75 bits per heavy atom. The van der Waals surface area contributed by atoms with E-state index in [0.717, 1.165) is 11.6 Å². The van der Waals surface area contributed by atoms with Crippen molar-refractivity contribution < 1.29 is 19.4 Å². The van der Waals surface area contributed by atoms with Crippen LogP contribution in [0.15, 0.2) is 24.3 Å². The molecule has 0 heterocycles. The number of methoxy groups -OCH3 is 1. The summed E-state index contributed by atoms with van der Waals surface area (Å²) in [5.74, 6) is -1.22. The van der Waals surface area contributed by atoms with Crippen molar-refractivity contribution >= 4 is 18.0 Å². The van der Waals surface area contributed by atoms with Crippen LogP contribution in [0, 0.1) is 6.92 Å². The average Bonchev–Trinajstić information content (AvgIpc) is 2.37. The summed E-state index contributed by atoms with van der Waals surface area (Å²) in [6.07, 6.45) is 2.50. The second-order valence-electron chi connectivity index (χ2n) is 4.58. The number of amides is 1. The summed E-state index contributed by atoms with van der Waals surface area (Å²) in [4.78, 5) is 22.6. The number of carboxylic acid groups (broad SMARTS) is 1. The number of aryl methyl sites for hydroxylation is 1. The third-order valence-corrected chi connectivity index (χ3v) is 2.72. The molecule has 1 unspecified atom stereocenters. The zero-order chi connectivity index (χ0) is 15.1. The zero-order valence-electron chi connectivity index (χ0n) is 11.8. The highest BCUT2D eigenvalue weighted by molar-refractivity contribution is 5.96. The van der Waals surface area contributed by atoms with Gasteiger partial charge in [0.15, 0.2) is 0 Å². The van der Waals surface area contributed by atoms with E-state index in [9.17, 15) is 9.59 Å². The Morgan fingerprint density at radius 1 is 1.45 bits per heavy atom. The highest BCUT2D eigenvalue weighted by Crippen LogP contribution is 2.13. The van der Waals surface area contributed by atoms with Crippen LogP contribution >= 0.6 is 0 Å². The molecule has 1 amide bonds. The minimum atomic E-state index is -1.02. The van der Waals surface area contributed by atoms with Crippen molar-refractivity contribution in [3.63, 3.8) is 0 Å². The van der Waals surface area contributed by atoms with Gasteiger partial charge in [0.05, 0.1) is 6.61 Å². The fourth-order valence-electron chi connectivity index (χ4n) is 1.75. The van der Waals surface area contributed by atoms with Gasteiger partial charge in [-0.15, -0.1) is 0 Å². The topological polar surface area (TPSA) is 75.6 Å². The molecule has 20 heavy (non-hydrogen) atoms. The van der Waals surface area contributed by atoms with Crippen LogP contribution in [0.25, 0.3) is 6.08 Å². The predicted octanol–water partition coefficient (Wildman–Crippen LogP) is 1.86. The largest absolute Gasteiger partial charge is 0.478 e. The number of nitrogens with one attached hydrogen (secondary N) is 1. The number of aliphatic carboxylic acids is 1. The van der Waals surface area contributed by atoms with Gasteiger partial charge in [0.1, 0.15) is 0 Å². The first-order valence-electron chi connectivity index (χ1n) is 6.25. The number of hydrogen-bond acceptors (Lipinski definition) is 3. The summed E-state index contributed by atoms with van der Waals surface area (Å²) in [5.41, 5.74) is 2.03. The smallest absolute Gasteiger partial charge is 0.328 e. The summed E-state index contributed by atoms with van der Waals surface area (Å²) >= 11 is 0. The molecule has 1 rings (SSSR count). The Morgan fingerprint density at radius 2 is 2.15 bits per heavy atom. The van der Waals surface area contributed by atoms with E-state index in [2.05, 4.69) is 5.32 Å². The van der Waals surface area contributed by atoms with Gasteiger partial charge < -0.3 is 15.2 Å². The van der Waals surface area contributed by atoms with Gasteiger partial charge in [-0.3, -0.25) is 4.79 Å². The van der Waals surface area contributed by atoms with Gasteiger partial charge in [-0.1, -0.05) is 12.1 Å². The van der Waals surface area contributed by atoms with Crippen molar-refractivity contribution in [1.82, 2.24) is 5.32 Å². The maximum atomic E-state index is 12.1. The molecular weight excluding hydrogens is 258 g/mol. The SMILES string of the molecule is COCC(C)NC(=O)c1cc(C=CC(=O)O)ccc1C. The number of hydrogen-bond donors (Lipinski definition) is 2. The molecule has 0 aliphatic carbocycles. The molecule has 0 spiro atoms. The molecule has 108 valence electrons. The van der Waals surface area contributed by atoms with Gasteiger partial charge in [0.25, 0.3) is 5.91 Å². The van der Waals surface area contributed by atoms with E-state index in [1.165, 1.54) is 6.08 Å². The molecule has 2 N–H and O–H groups in total. The Hall–Kier alpha value is -2.14. The maximum Gasteiger partial charge on any atom is 0.328 e. The highest BCUT2D eigenvalue weighted by atomic mass is 16.5. The van der Waals surface area contributed by atoms with Crippen LogP contribution in [-0.2, 0) is 9.53 Å². The molecule has 0 aromatic heterocycles. The normalized spacial score (nSPS) is 12.3. The summed E-state index contributed by atoms with van der Waals surface area (Å²) < 4.78 is 4.97. The number of carboxylic acids is 1. The Balaban J connectivity index is 2.90. The van der Waals surface area contributed by atoms with E-state index in [4.69, 9.17) is 9.84 Å². The number of benzene rings is 1. The first kappa shape index (κ1) is 15.9. The summed E-state index contributed by atoms with van der Waals surface area (Å²) in [5, 5.41) is 11.4. The Kier molecular flexibility index (Phi) is 5.93. The summed E-state index contributed by atoms with van der Waals surface area (Å²) in [6, 6.07) is 5.13. The molecule has 0 saturated carbocycles. The van der Waals surface area contributed by atoms with E-state index in [-0.39, 0.29) is 11.9 Å². The monoisotopic (exact) mass is 277 g/mol. The molecule has 0 bridgehead atoms. The lowest BCUT2D eigenvalue weighted by atomic mass is 10.0. The fraction of sp³-hybridized carbons (Fsp3) is 0.333. The molecule has 5 nitrogen and oxygen atoms in total.